The predicted octanol–water partition coefficient (Wildman–Crippen LogP) is 4.58. The Labute approximate surface area is 193 Å². The molecular formula is C26H42O6. The van der Waals surface area contributed by atoms with Gasteiger partial charge in [0.25, 0.3) is 0 Å². The van der Waals surface area contributed by atoms with Gasteiger partial charge in [-0.1, -0.05) is 27.4 Å². The average molecular weight is 451 g/mol. The maximum absolute atomic E-state index is 13.7. The molecule has 0 radical (unpaired) electrons. The molecule has 1 N–H and O–H groups in total. The Hall–Kier alpha value is -1.40. The van der Waals surface area contributed by atoms with Crippen LogP contribution in [0.4, 0.5) is 0 Å². The van der Waals surface area contributed by atoms with E-state index in [1.54, 1.807) is 6.92 Å². The molecule has 0 aromatic carbocycles. The highest BCUT2D eigenvalue weighted by molar-refractivity contribution is 5.83. The van der Waals surface area contributed by atoms with E-state index in [-0.39, 0.29) is 30.0 Å². The van der Waals surface area contributed by atoms with E-state index in [2.05, 4.69) is 20.4 Å². The fourth-order valence-corrected chi connectivity index (χ4v) is 6.54. The smallest absolute Gasteiger partial charge is 0.306 e. The van der Waals surface area contributed by atoms with Gasteiger partial charge in [0.2, 0.25) is 0 Å². The number of carbonyl (C=O) groups excluding carboxylic acids is 2. The molecule has 182 valence electrons. The molecule has 2 aliphatic heterocycles. The van der Waals surface area contributed by atoms with E-state index in [1.807, 2.05) is 20.8 Å². The molecule has 8 atom stereocenters. The molecule has 0 spiro atoms. The van der Waals surface area contributed by atoms with Gasteiger partial charge in [-0.25, -0.2) is 0 Å². The number of carbonyl (C=O) groups is 2. The number of aliphatic hydroxyl groups is 1. The van der Waals surface area contributed by atoms with Crippen molar-refractivity contribution < 1.29 is 28.9 Å². The third-order valence-electron chi connectivity index (χ3n) is 7.96. The first-order chi connectivity index (χ1) is 14.9. The van der Waals surface area contributed by atoms with E-state index in [4.69, 9.17) is 14.2 Å². The van der Waals surface area contributed by atoms with Crippen molar-refractivity contribution in [3.05, 3.63) is 12.3 Å². The van der Waals surface area contributed by atoms with Crippen LogP contribution in [0.25, 0.3) is 0 Å². The van der Waals surface area contributed by atoms with Gasteiger partial charge in [0.15, 0.2) is 0 Å². The summed E-state index contributed by atoms with van der Waals surface area (Å²) in [7, 11) is 0. The number of esters is 1. The quantitative estimate of drug-likeness (QED) is 0.471. The van der Waals surface area contributed by atoms with Crippen LogP contribution in [0, 0.1) is 23.7 Å². The highest BCUT2D eigenvalue weighted by Gasteiger charge is 2.61. The Kier molecular flexibility index (Phi) is 7.45. The minimum Gasteiger partial charge on any atom is -0.492 e. The second-order valence-corrected chi connectivity index (χ2v) is 11.0. The van der Waals surface area contributed by atoms with Crippen LogP contribution in [0.5, 0.6) is 0 Å². The van der Waals surface area contributed by atoms with Crippen LogP contribution >= 0.6 is 0 Å². The van der Waals surface area contributed by atoms with Gasteiger partial charge in [0, 0.05) is 18.8 Å². The summed E-state index contributed by atoms with van der Waals surface area (Å²) in [5, 5.41) is 10.8. The average Bonchev–Trinajstić information content (AvgIpc) is 2.65. The number of hydrogen-bond donors (Lipinski definition) is 1. The second-order valence-electron chi connectivity index (χ2n) is 11.0. The molecule has 32 heavy (non-hydrogen) atoms. The number of rotatable bonds is 6. The number of aliphatic hydroxyl groups excluding tert-OH is 1. The van der Waals surface area contributed by atoms with Crippen LogP contribution < -0.4 is 0 Å². The standard InChI is InChI=1S/C26H42O6/c1-8-9-21(29)32-26(7)13-11-20-18(27)14-19(28)23-22(24(26)30-20)17(15(2)3)10-12-25(23,6)31-16(4)5/h15,17-18,20,22-24,27H,4,8-14H2,1-3,5-7H3/t17-,18-,20-,22-,23-,24?,25-,26-/m1/s1. The SMILES string of the molecule is C=C(C)O[C@]1(C)CC[C@H](C(C)C)[C@H]2C3O[C@H](CC[C@@]3(C)OC(=O)CCC)[C@H](O)CC(=O)[C@H]21. The summed E-state index contributed by atoms with van der Waals surface area (Å²) in [4.78, 5) is 26.3. The van der Waals surface area contributed by atoms with Crippen molar-refractivity contribution in [2.24, 2.45) is 23.7 Å². The van der Waals surface area contributed by atoms with Crippen molar-refractivity contribution in [1.29, 1.82) is 0 Å². The first-order valence-electron chi connectivity index (χ1n) is 12.3. The maximum Gasteiger partial charge on any atom is 0.306 e. The largest absolute Gasteiger partial charge is 0.492 e. The lowest BCUT2D eigenvalue weighted by Crippen LogP contribution is -2.65. The van der Waals surface area contributed by atoms with Crippen molar-refractivity contribution in [3.63, 3.8) is 0 Å². The second kappa shape index (κ2) is 9.46. The van der Waals surface area contributed by atoms with Gasteiger partial charge in [-0.3, -0.25) is 9.59 Å². The van der Waals surface area contributed by atoms with E-state index >= 15 is 0 Å². The minimum absolute atomic E-state index is 0.0130. The fraction of sp³-hybridized carbons (Fsp3) is 0.846. The van der Waals surface area contributed by atoms with Crippen molar-refractivity contribution in [2.45, 2.75) is 116 Å². The summed E-state index contributed by atoms with van der Waals surface area (Å²) in [6.45, 7) is 16.0. The number of ether oxygens (including phenoxy) is 3. The van der Waals surface area contributed by atoms with Crippen LogP contribution in [0.1, 0.15) is 86.5 Å². The van der Waals surface area contributed by atoms with Gasteiger partial charge in [0.05, 0.1) is 23.9 Å². The van der Waals surface area contributed by atoms with Crippen LogP contribution in [0.2, 0.25) is 0 Å². The molecule has 6 nitrogen and oxygen atoms in total. The Morgan fingerprint density at radius 2 is 1.88 bits per heavy atom. The highest BCUT2D eigenvalue weighted by atomic mass is 16.6. The zero-order valence-electron chi connectivity index (χ0n) is 20.7. The van der Waals surface area contributed by atoms with Gasteiger partial charge < -0.3 is 19.3 Å². The molecule has 1 aliphatic carbocycles. The predicted molar refractivity (Wildman–Crippen MR) is 122 cm³/mol. The van der Waals surface area contributed by atoms with E-state index in [1.165, 1.54) is 0 Å². The Balaban J connectivity index is 2.11. The summed E-state index contributed by atoms with van der Waals surface area (Å²) in [6.07, 6.45) is 2.14. The van der Waals surface area contributed by atoms with Gasteiger partial charge in [-0.15, -0.1) is 0 Å². The third-order valence-corrected chi connectivity index (χ3v) is 7.96. The topological polar surface area (TPSA) is 82.1 Å². The summed E-state index contributed by atoms with van der Waals surface area (Å²) < 4.78 is 18.9. The van der Waals surface area contributed by atoms with Crippen molar-refractivity contribution in [2.75, 3.05) is 0 Å². The molecule has 0 aromatic rings. The van der Waals surface area contributed by atoms with Gasteiger partial charge in [-0.05, 0) is 64.7 Å². The molecule has 6 heteroatoms. The van der Waals surface area contributed by atoms with Gasteiger partial charge in [0.1, 0.15) is 23.1 Å². The molecule has 3 aliphatic rings. The fourth-order valence-electron chi connectivity index (χ4n) is 6.54. The zero-order chi connectivity index (χ0) is 23.8. The number of ketones is 1. The van der Waals surface area contributed by atoms with Crippen molar-refractivity contribution in [1.82, 2.24) is 0 Å². The number of fused-ring (bicyclic) bond motifs is 4. The number of hydrogen-bond acceptors (Lipinski definition) is 6. The molecule has 1 unspecified atom stereocenters. The van der Waals surface area contributed by atoms with Crippen molar-refractivity contribution >= 4 is 11.8 Å². The first kappa shape index (κ1) is 25.2. The Morgan fingerprint density at radius 1 is 1.22 bits per heavy atom. The molecule has 2 saturated heterocycles. The van der Waals surface area contributed by atoms with Crippen LogP contribution in [0.3, 0.4) is 0 Å². The summed E-state index contributed by atoms with van der Waals surface area (Å²) >= 11 is 0. The lowest BCUT2D eigenvalue weighted by Gasteiger charge is -2.58. The van der Waals surface area contributed by atoms with E-state index in [0.717, 1.165) is 12.8 Å². The molecule has 3 fully saturated rings. The molecule has 0 aromatic heterocycles. The minimum atomic E-state index is -0.865. The molecule has 1 saturated carbocycles. The normalized spacial score (nSPS) is 41.9. The highest BCUT2D eigenvalue weighted by Crippen LogP contribution is 2.54. The van der Waals surface area contributed by atoms with Gasteiger partial charge >= 0.3 is 5.97 Å². The van der Waals surface area contributed by atoms with Gasteiger partial charge in [-0.2, -0.15) is 0 Å². The Morgan fingerprint density at radius 3 is 2.47 bits per heavy atom. The van der Waals surface area contributed by atoms with Crippen molar-refractivity contribution in [3.8, 4) is 0 Å². The zero-order valence-corrected chi connectivity index (χ0v) is 20.7. The summed E-state index contributed by atoms with van der Waals surface area (Å²) in [5.74, 6) is 0.254. The molecule has 2 heterocycles. The Bertz CT molecular complexity index is 732. The van der Waals surface area contributed by atoms with E-state index in [9.17, 15) is 14.7 Å². The van der Waals surface area contributed by atoms with E-state index in [0.29, 0.717) is 37.4 Å². The number of allylic oxidation sites excluding steroid dienone is 1. The van der Waals surface area contributed by atoms with E-state index < -0.39 is 35.4 Å². The maximum atomic E-state index is 13.7. The summed E-state index contributed by atoms with van der Waals surface area (Å²) in [5.41, 5.74) is -1.59. The monoisotopic (exact) mass is 450 g/mol. The molecule has 3 rings (SSSR count). The number of Topliss-reactive ketones (excluding diaryl/α,β-unsaturated/α-hetero) is 1. The molecule has 2 bridgehead atoms. The van der Waals surface area contributed by atoms with Crippen LogP contribution in [0.15, 0.2) is 12.3 Å². The molecular weight excluding hydrogens is 408 g/mol. The lowest BCUT2D eigenvalue weighted by molar-refractivity contribution is -0.256. The summed E-state index contributed by atoms with van der Waals surface area (Å²) in [6, 6.07) is 0. The first-order valence-corrected chi connectivity index (χ1v) is 12.3. The molecule has 0 amide bonds. The third kappa shape index (κ3) is 4.77. The lowest BCUT2D eigenvalue weighted by atomic mass is 9.55. The van der Waals surface area contributed by atoms with Crippen LogP contribution in [-0.4, -0.2) is 46.4 Å². The van der Waals surface area contributed by atoms with Crippen LogP contribution in [-0.2, 0) is 23.8 Å².